The highest BCUT2D eigenvalue weighted by molar-refractivity contribution is 7.80. The molecule has 0 aromatic carbocycles. The molecule has 0 heterocycles. The first kappa shape index (κ1) is 12.3. The maximum Gasteiger partial charge on any atom is 0.0970 e. The van der Waals surface area contributed by atoms with Crippen molar-refractivity contribution in [3.8, 4) is 0 Å². The second-order valence-corrected chi connectivity index (χ2v) is 5.45. The second-order valence-electron chi connectivity index (χ2n) is 5.16. The maximum absolute atomic E-state index is 4.89. The Labute approximate surface area is 105 Å². The Morgan fingerprint density at radius 3 is 2.25 bits per heavy atom. The summed E-state index contributed by atoms with van der Waals surface area (Å²) < 4.78 is 0. The van der Waals surface area contributed by atoms with Gasteiger partial charge in [0.25, 0.3) is 0 Å². The number of nitrogens with zero attached hydrogens (tertiary/aromatic N) is 2. The fourth-order valence-electron chi connectivity index (χ4n) is 3.07. The first-order valence-electron chi connectivity index (χ1n) is 6.73. The van der Waals surface area contributed by atoms with E-state index in [4.69, 9.17) is 4.99 Å². The molecule has 3 heteroatoms. The summed E-state index contributed by atoms with van der Waals surface area (Å²) in [5, 5.41) is 0. The van der Waals surface area contributed by atoms with Crippen LogP contribution in [-0.4, -0.2) is 28.7 Å². The Kier molecular flexibility index (Phi) is 4.56. The Morgan fingerprint density at radius 1 is 1.12 bits per heavy atom. The van der Waals surface area contributed by atoms with E-state index in [1.54, 1.807) is 0 Å². The molecule has 0 aromatic rings. The summed E-state index contributed by atoms with van der Waals surface area (Å²) in [5.74, 6) is 2.06. The largest absolute Gasteiger partial charge is 0.349 e. The van der Waals surface area contributed by atoms with Crippen molar-refractivity contribution in [2.45, 2.75) is 70.4 Å². The van der Waals surface area contributed by atoms with E-state index >= 15 is 0 Å². The van der Waals surface area contributed by atoms with E-state index < -0.39 is 0 Å². The minimum Gasteiger partial charge on any atom is -0.349 e. The summed E-state index contributed by atoms with van der Waals surface area (Å²) in [6.07, 6.45) is 10.7. The van der Waals surface area contributed by atoms with Crippen molar-refractivity contribution in [3.05, 3.63) is 0 Å². The molecule has 2 aliphatic rings. The quantitative estimate of drug-likeness (QED) is 0.345. The standard InChI is InChI=1S/C13H24N2S/c1-11(14-12-6-2-3-7-12)15(10-16)13-8-4-5-9-13/h12-13,16H,2-10H2,1H3. The molecule has 0 aliphatic heterocycles. The number of hydrogen-bond donors (Lipinski definition) is 1. The van der Waals surface area contributed by atoms with Crippen molar-refractivity contribution in [1.82, 2.24) is 4.90 Å². The molecule has 0 spiro atoms. The third-order valence-corrected chi connectivity index (χ3v) is 4.33. The molecule has 0 atom stereocenters. The summed E-state index contributed by atoms with van der Waals surface area (Å²) in [5.41, 5.74) is 0. The third kappa shape index (κ3) is 2.93. The summed E-state index contributed by atoms with van der Waals surface area (Å²) in [4.78, 5) is 7.30. The fourth-order valence-corrected chi connectivity index (χ4v) is 3.51. The van der Waals surface area contributed by atoms with Crippen LogP contribution in [0.1, 0.15) is 58.3 Å². The molecule has 2 saturated carbocycles. The van der Waals surface area contributed by atoms with E-state index in [1.807, 2.05) is 0 Å². The van der Waals surface area contributed by atoms with E-state index in [1.165, 1.54) is 57.2 Å². The van der Waals surface area contributed by atoms with Gasteiger partial charge in [0.15, 0.2) is 0 Å². The van der Waals surface area contributed by atoms with Crippen LogP contribution in [0.3, 0.4) is 0 Å². The van der Waals surface area contributed by atoms with Crippen LogP contribution < -0.4 is 0 Å². The fraction of sp³-hybridized carbons (Fsp3) is 0.923. The smallest absolute Gasteiger partial charge is 0.0970 e. The molecule has 0 radical (unpaired) electrons. The summed E-state index contributed by atoms with van der Waals surface area (Å²) in [6.45, 7) is 2.17. The first-order chi connectivity index (χ1) is 7.81. The van der Waals surface area contributed by atoms with Crippen molar-refractivity contribution < 1.29 is 0 Å². The van der Waals surface area contributed by atoms with Gasteiger partial charge < -0.3 is 4.90 Å². The van der Waals surface area contributed by atoms with E-state index in [2.05, 4.69) is 24.5 Å². The monoisotopic (exact) mass is 240 g/mol. The molecule has 0 saturated heterocycles. The zero-order chi connectivity index (χ0) is 11.4. The van der Waals surface area contributed by atoms with E-state index in [-0.39, 0.29) is 0 Å². The van der Waals surface area contributed by atoms with E-state index in [9.17, 15) is 0 Å². The molecule has 16 heavy (non-hydrogen) atoms. The minimum absolute atomic E-state index is 0.601. The molecule has 2 fully saturated rings. The number of hydrogen-bond acceptors (Lipinski definition) is 2. The van der Waals surface area contributed by atoms with Gasteiger partial charge in [0.1, 0.15) is 0 Å². The van der Waals surface area contributed by atoms with Gasteiger partial charge in [0.2, 0.25) is 0 Å². The molecule has 92 valence electrons. The SMILES string of the molecule is CC(=NC1CCCC1)N(CS)C1CCCC1. The lowest BCUT2D eigenvalue weighted by Gasteiger charge is -2.29. The third-order valence-electron chi connectivity index (χ3n) is 4.03. The highest BCUT2D eigenvalue weighted by Crippen LogP contribution is 2.26. The molecular formula is C13H24N2S. The van der Waals surface area contributed by atoms with Gasteiger partial charge in [-0.25, -0.2) is 0 Å². The van der Waals surface area contributed by atoms with Gasteiger partial charge in [-0.2, -0.15) is 12.6 Å². The number of rotatable bonds is 3. The highest BCUT2D eigenvalue weighted by Gasteiger charge is 2.23. The van der Waals surface area contributed by atoms with Gasteiger partial charge in [-0.05, 0) is 32.6 Å². The molecule has 2 nitrogen and oxygen atoms in total. The summed E-state index contributed by atoms with van der Waals surface area (Å²) in [6, 6.07) is 1.31. The van der Waals surface area contributed by atoms with Gasteiger partial charge in [0, 0.05) is 6.04 Å². The second kappa shape index (κ2) is 5.95. The minimum atomic E-state index is 0.601. The lowest BCUT2D eigenvalue weighted by molar-refractivity contribution is 0.356. The summed E-state index contributed by atoms with van der Waals surface area (Å²) >= 11 is 4.47. The van der Waals surface area contributed by atoms with Gasteiger partial charge >= 0.3 is 0 Å². The molecule has 0 aromatic heterocycles. The molecule has 0 N–H and O–H groups in total. The summed E-state index contributed by atoms with van der Waals surface area (Å²) in [7, 11) is 0. The van der Waals surface area contributed by atoms with E-state index in [0.29, 0.717) is 12.1 Å². The number of thiol groups is 1. The van der Waals surface area contributed by atoms with Crippen molar-refractivity contribution in [1.29, 1.82) is 0 Å². The maximum atomic E-state index is 4.89. The Morgan fingerprint density at radius 2 is 1.69 bits per heavy atom. The Bertz CT molecular complexity index is 240. The Balaban J connectivity index is 1.95. The average Bonchev–Trinajstić information content (AvgIpc) is 2.91. The zero-order valence-electron chi connectivity index (χ0n) is 10.4. The highest BCUT2D eigenvalue weighted by atomic mass is 32.1. The average molecular weight is 240 g/mol. The van der Waals surface area contributed by atoms with Crippen LogP contribution >= 0.6 is 12.6 Å². The predicted octanol–water partition coefficient (Wildman–Crippen LogP) is 3.48. The number of amidine groups is 1. The first-order valence-corrected chi connectivity index (χ1v) is 7.36. The van der Waals surface area contributed by atoms with Crippen molar-refractivity contribution >= 4 is 18.5 Å². The van der Waals surface area contributed by atoms with Crippen LogP contribution in [0.4, 0.5) is 0 Å². The molecule has 2 rings (SSSR count). The normalized spacial score (nSPS) is 24.2. The number of aliphatic imine (C=N–C) groups is 1. The molecule has 0 bridgehead atoms. The van der Waals surface area contributed by atoms with Crippen molar-refractivity contribution in [2.24, 2.45) is 4.99 Å². The lowest BCUT2D eigenvalue weighted by Crippen LogP contribution is -2.37. The van der Waals surface area contributed by atoms with Crippen molar-refractivity contribution in [3.63, 3.8) is 0 Å². The van der Waals surface area contributed by atoms with E-state index in [0.717, 1.165) is 5.88 Å². The predicted molar refractivity (Wildman–Crippen MR) is 73.3 cm³/mol. The van der Waals surface area contributed by atoms with Gasteiger partial charge in [0.05, 0.1) is 17.8 Å². The zero-order valence-corrected chi connectivity index (χ0v) is 11.3. The van der Waals surface area contributed by atoms with Crippen LogP contribution in [0.15, 0.2) is 4.99 Å². The van der Waals surface area contributed by atoms with Crippen molar-refractivity contribution in [2.75, 3.05) is 5.88 Å². The topological polar surface area (TPSA) is 15.6 Å². The van der Waals surface area contributed by atoms with Crippen LogP contribution in [0, 0.1) is 0 Å². The molecule has 2 aliphatic carbocycles. The van der Waals surface area contributed by atoms with Crippen LogP contribution in [0.25, 0.3) is 0 Å². The lowest BCUT2D eigenvalue weighted by atomic mass is 10.2. The molecular weight excluding hydrogens is 216 g/mol. The molecule has 0 unspecified atom stereocenters. The van der Waals surface area contributed by atoms with Gasteiger partial charge in [-0.1, -0.05) is 25.7 Å². The van der Waals surface area contributed by atoms with Crippen LogP contribution in [0.2, 0.25) is 0 Å². The molecule has 0 amide bonds. The van der Waals surface area contributed by atoms with Gasteiger partial charge in [-0.15, -0.1) is 0 Å². The Hall–Kier alpha value is -0.180. The van der Waals surface area contributed by atoms with Crippen LogP contribution in [0.5, 0.6) is 0 Å². The van der Waals surface area contributed by atoms with Crippen LogP contribution in [-0.2, 0) is 0 Å². The van der Waals surface area contributed by atoms with Gasteiger partial charge in [-0.3, -0.25) is 4.99 Å².